The van der Waals surface area contributed by atoms with Gasteiger partial charge in [0.2, 0.25) is 10.0 Å². The molecule has 2 aromatic rings. The van der Waals surface area contributed by atoms with E-state index in [0.29, 0.717) is 18.7 Å². The van der Waals surface area contributed by atoms with E-state index in [0.717, 1.165) is 0 Å². The third kappa shape index (κ3) is 3.89. The molecule has 0 radical (unpaired) electrons. The zero-order valence-corrected chi connectivity index (χ0v) is 15.9. The van der Waals surface area contributed by atoms with Crippen molar-refractivity contribution in [3.63, 3.8) is 0 Å². The number of hydrogen-bond donors (Lipinski definition) is 0. The summed E-state index contributed by atoms with van der Waals surface area (Å²) in [5, 5.41) is 0. The van der Waals surface area contributed by atoms with E-state index in [9.17, 15) is 16.8 Å². The van der Waals surface area contributed by atoms with Crippen LogP contribution in [-0.2, 0) is 19.9 Å². The minimum Gasteiger partial charge on any atom is -0.487 e. The lowest BCUT2D eigenvalue weighted by Gasteiger charge is -2.17. The van der Waals surface area contributed by atoms with Gasteiger partial charge in [-0.25, -0.2) is 16.8 Å². The van der Waals surface area contributed by atoms with Crippen LogP contribution in [0.15, 0.2) is 58.6 Å². The van der Waals surface area contributed by atoms with Crippen LogP contribution >= 0.6 is 0 Å². The van der Waals surface area contributed by atoms with Gasteiger partial charge < -0.3 is 4.74 Å². The topological polar surface area (TPSA) is 93.6 Å². The highest BCUT2D eigenvalue weighted by Crippen LogP contribution is 2.25. The second kappa shape index (κ2) is 7.34. The van der Waals surface area contributed by atoms with Crippen molar-refractivity contribution in [1.82, 2.24) is 9.29 Å². The summed E-state index contributed by atoms with van der Waals surface area (Å²) in [6.07, 6.45) is 3.50. The molecule has 1 aliphatic heterocycles. The van der Waals surface area contributed by atoms with Crippen molar-refractivity contribution < 1.29 is 21.6 Å². The standard InChI is InChI=1S/C17H20N2O5S2/c1-2-25(20,21)16-6-3-7-17(11-16)26(22,23)19-10-8-15(13-19)24-14-5-4-9-18-12-14/h3-7,9,11-12,15H,2,8,10,13H2,1H3/t15-/m0/s1. The Morgan fingerprint density at radius 2 is 1.92 bits per heavy atom. The summed E-state index contributed by atoms with van der Waals surface area (Å²) in [5.41, 5.74) is 0. The Balaban J connectivity index is 1.78. The average Bonchev–Trinajstić information content (AvgIpc) is 3.12. The first-order chi connectivity index (χ1) is 12.3. The van der Waals surface area contributed by atoms with Gasteiger partial charge >= 0.3 is 0 Å². The Morgan fingerprint density at radius 1 is 1.15 bits per heavy atom. The van der Waals surface area contributed by atoms with Crippen molar-refractivity contribution in [2.75, 3.05) is 18.8 Å². The molecular formula is C17H20N2O5S2. The van der Waals surface area contributed by atoms with Crippen LogP contribution in [0.2, 0.25) is 0 Å². The van der Waals surface area contributed by atoms with Crippen LogP contribution in [0.25, 0.3) is 0 Å². The van der Waals surface area contributed by atoms with Gasteiger partial charge in [-0.15, -0.1) is 0 Å². The summed E-state index contributed by atoms with van der Waals surface area (Å²) in [4.78, 5) is 3.97. The fraction of sp³-hybridized carbons (Fsp3) is 0.353. The van der Waals surface area contributed by atoms with Crippen LogP contribution in [0.5, 0.6) is 5.75 Å². The predicted octanol–water partition coefficient (Wildman–Crippen LogP) is 1.72. The number of hydrogen-bond acceptors (Lipinski definition) is 6. The normalized spacial score (nSPS) is 18.7. The maximum Gasteiger partial charge on any atom is 0.243 e. The number of aromatic nitrogens is 1. The van der Waals surface area contributed by atoms with E-state index < -0.39 is 19.9 Å². The molecular weight excluding hydrogens is 376 g/mol. The molecule has 0 saturated carbocycles. The number of sulfonamides is 1. The third-order valence-electron chi connectivity index (χ3n) is 4.23. The summed E-state index contributed by atoms with van der Waals surface area (Å²) >= 11 is 0. The van der Waals surface area contributed by atoms with E-state index in [4.69, 9.17) is 4.74 Å². The fourth-order valence-electron chi connectivity index (χ4n) is 2.77. The van der Waals surface area contributed by atoms with E-state index in [1.165, 1.54) is 35.5 Å². The molecule has 0 amide bonds. The number of nitrogens with zero attached hydrogens (tertiary/aromatic N) is 2. The predicted molar refractivity (Wildman–Crippen MR) is 96.2 cm³/mol. The van der Waals surface area contributed by atoms with Crippen LogP contribution in [0, 0.1) is 0 Å². The summed E-state index contributed by atoms with van der Waals surface area (Å²) in [6, 6.07) is 9.02. The number of rotatable bonds is 6. The Hall–Kier alpha value is -1.97. The van der Waals surface area contributed by atoms with E-state index in [2.05, 4.69) is 4.98 Å². The zero-order valence-electron chi connectivity index (χ0n) is 14.3. The molecule has 0 aliphatic carbocycles. The molecule has 1 atom stereocenters. The number of benzene rings is 1. The Morgan fingerprint density at radius 3 is 2.62 bits per heavy atom. The van der Waals surface area contributed by atoms with Crippen molar-refractivity contribution in [1.29, 1.82) is 0 Å². The molecule has 0 unspecified atom stereocenters. The molecule has 0 N–H and O–H groups in total. The average molecular weight is 396 g/mol. The minimum absolute atomic E-state index is 0.0171. The smallest absolute Gasteiger partial charge is 0.243 e. The van der Waals surface area contributed by atoms with Gasteiger partial charge in [0, 0.05) is 12.7 Å². The Bertz CT molecular complexity index is 975. The highest BCUT2D eigenvalue weighted by molar-refractivity contribution is 7.91. The van der Waals surface area contributed by atoms with Crippen LogP contribution in [0.3, 0.4) is 0 Å². The third-order valence-corrected chi connectivity index (χ3v) is 7.82. The SMILES string of the molecule is CCS(=O)(=O)c1cccc(S(=O)(=O)N2CC[C@H](Oc3cccnc3)C2)c1. The molecule has 3 rings (SSSR count). The molecule has 0 spiro atoms. The van der Waals surface area contributed by atoms with Crippen LogP contribution in [0.1, 0.15) is 13.3 Å². The van der Waals surface area contributed by atoms with Gasteiger partial charge in [0.05, 0.1) is 28.3 Å². The number of pyridine rings is 1. The molecule has 2 heterocycles. The molecule has 26 heavy (non-hydrogen) atoms. The molecule has 1 aliphatic rings. The first-order valence-corrected chi connectivity index (χ1v) is 11.3. The van der Waals surface area contributed by atoms with Gasteiger partial charge in [-0.05, 0) is 36.8 Å². The van der Waals surface area contributed by atoms with Crippen LogP contribution in [-0.4, -0.2) is 51.1 Å². The van der Waals surface area contributed by atoms with Crippen molar-refractivity contribution in [3.8, 4) is 5.75 Å². The van der Waals surface area contributed by atoms with Crippen molar-refractivity contribution in [2.45, 2.75) is 29.2 Å². The summed E-state index contributed by atoms with van der Waals surface area (Å²) in [7, 11) is -7.25. The van der Waals surface area contributed by atoms with Gasteiger partial charge in [0.25, 0.3) is 0 Å². The second-order valence-electron chi connectivity index (χ2n) is 5.96. The summed E-state index contributed by atoms with van der Waals surface area (Å²) in [6.45, 7) is 2.05. The first kappa shape index (κ1) is 18.8. The molecule has 1 aromatic heterocycles. The number of sulfone groups is 1. The van der Waals surface area contributed by atoms with Gasteiger partial charge in [-0.1, -0.05) is 13.0 Å². The van der Waals surface area contributed by atoms with E-state index in [1.54, 1.807) is 24.5 Å². The van der Waals surface area contributed by atoms with Crippen molar-refractivity contribution >= 4 is 19.9 Å². The van der Waals surface area contributed by atoms with E-state index in [-0.39, 0.29) is 28.2 Å². The molecule has 140 valence electrons. The summed E-state index contributed by atoms with van der Waals surface area (Å²) < 4.78 is 56.9. The zero-order chi connectivity index (χ0) is 18.8. The van der Waals surface area contributed by atoms with Crippen molar-refractivity contribution in [2.24, 2.45) is 0 Å². The molecule has 1 saturated heterocycles. The van der Waals surface area contributed by atoms with Gasteiger partial charge in [-0.3, -0.25) is 4.98 Å². The highest BCUT2D eigenvalue weighted by Gasteiger charge is 2.34. The maximum atomic E-state index is 12.9. The quantitative estimate of drug-likeness (QED) is 0.738. The molecule has 1 aromatic carbocycles. The maximum absolute atomic E-state index is 12.9. The molecule has 9 heteroatoms. The van der Waals surface area contributed by atoms with E-state index >= 15 is 0 Å². The Kier molecular flexibility index (Phi) is 5.31. The molecule has 0 bridgehead atoms. The second-order valence-corrected chi connectivity index (χ2v) is 10.2. The van der Waals surface area contributed by atoms with E-state index in [1.807, 2.05) is 0 Å². The lowest BCUT2D eigenvalue weighted by Crippen LogP contribution is -2.31. The monoisotopic (exact) mass is 396 g/mol. The highest BCUT2D eigenvalue weighted by atomic mass is 32.2. The molecule has 1 fully saturated rings. The van der Waals surface area contributed by atoms with Gasteiger partial charge in [-0.2, -0.15) is 4.31 Å². The van der Waals surface area contributed by atoms with Crippen LogP contribution < -0.4 is 4.74 Å². The van der Waals surface area contributed by atoms with Crippen molar-refractivity contribution in [3.05, 3.63) is 48.8 Å². The number of ether oxygens (including phenoxy) is 1. The Labute approximate surface area is 153 Å². The van der Waals surface area contributed by atoms with Gasteiger partial charge in [0.15, 0.2) is 9.84 Å². The van der Waals surface area contributed by atoms with Gasteiger partial charge in [0.1, 0.15) is 11.9 Å². The van der Waals surface area contributed by atoms with Crippen LogP contribution in [0.4, 0.5) is 0 Å². The molecule has 7 nitrogen and oxygen atoms in total. The largest absolute Gasteiger partial charge is 0.487 e. The fourth-order valence-corrected chi connectivity index (χ4v) is 5.30. The lowest BCUT2D eigenvalue weighted by molar-refractivity contribution is 0.214. The lowest BCUT2D eigenvalue weighted by atomic mass is 10.3. The first-order valence-electron chi connectivity index (χ1n) is 8.22. The summed E-state index contributed by atoms with van der Waals surface area (Å²) in [5.74, 6) is 0.508. The minimum atomic E-state index is -3.78.